The lowest BCUT2D eigenvalue weighted by Gasteiger charge is -2.50. The van der Waals surface area contributed by atoms with E-state index in [2.05, 4.69) is 189 Å². The highest BCUT2D eigenvalue weighted by molar-refractivity contribution is 7.02. The normalized spacial score (nSPS) is 14.6. The molecule has 220 valence electrons. The minimum Gasteiger partial charge on any atom is -0.0695 e. The standard InChI is InChI=1S/C43H44Si/c1-31-29-32(2)37(33(3)30-31)26-28-39-41(36-23-17-12-18-24-36)40(35-21-15-11-16-22-35)38(27-25-34-19-13-10-14-20-34)44(39,42(4,5)6)43(7,8)9/h10-24,29-30H,1-9H3. The van der Waals surface area contributed by atoms with Crippen LogP contribution in [0, 0.1) is 44.5 Å². The van der Waals surface area contributed by atoms with Gasteiger partial charge in [0.1, 0.15) is 0 Å². The van der Waals surface area contributed by atoms with Gasteiger partial charge in [0.15, 0.2) is 8.07 Å². The lowest BCUT2D eigenvalue weighted by Crippen LogP contribution is -2.54. The maximum atomic E-state index is 3.96. The van der Waals surface area contributed by atoms with Crippen molar-refractivity contribution in [3.8, 4) is 23.7 Å². The molecule has 0 fully saturated rings. The van der Waals surface area contributed by atoms with Gasteiger partial charge in [-0.1, -0.05) is 162 Å². The molecule has 0 atom stereocenters. The van der Waals surface area contributed by atoms with Crippen LogP contribution >= 0.6 is 0 Å². The van der Waals surface area contributed by atoms with Crippen LogP contribution in [-0.4, -0.2) is 8.07 Å². The van der Waals surface area contributed by atoms with Gasteiger partial charge >= 0.3 is 0 Å². The number of aryl methyl sites for hydroxylation is 3. The number of allylic oxidation sites excluding steroid dienone is 4. The van der Waals surface area contributed by atoms with Crippen LogP contribution in [0.15, 0.2) is 114 Å². The maximum Gasteiger partial charge on any atom is 0.151 e. The molecule has 0 spiro atoms. The van der Waals surface area contributed by atoms with Crippen molar-refractivity contribution in [1.82, 2.24) is 0 Å². The molecule has 5 rings (SSSR count). The largest absolute Gasteiger partial charge is 0.151 e. The van der Waals surface area contributed by atoms with Gasteiger partial charge in [-0.05, 0) is 76.4 Å². The van der Waals surface area contributed by atoms with Gasteiger partial charge in [0.25, 0.3) is 0 Å². The number of benzene rings is 4. The average Bonchev–Trinajstić information content (AvgIpc) is 3.28. The molecule has 0 radical (unpaired) electrons. The monoisotopic (exact) mass is 588 g/mol. The molecule has 0 unspecified atom stereocenters. The van der Waals surface area contributed by atoms with Gasteiger partial charge in [-0.2, -0.15) is 0 Å². The molecular formula is C43H44Si. The van der Waals surface area contributed by atoms with E-state index in [-0.39, 0.29) is 10.1 Å². The van der Waals surface area contributed by atoms with Gasteiger partial charge in [0.2, 0.25) is 0 Å². The molecule has 0 aliphatic carbocycles. The van der Waals surface area contributed by atoms with E-state index in [1.54, 1.807) is 0 Å². The summed E-state index contributed by atoms with van der Waals surface area (Å²) in [5.41, 5.74) is 10.8. The Labute approximate surface area is 267 Å². The van der Waals surface area contributed by atoms with E-state index in [9.17, 15) is 0 Å². The first-order valence-corrected chi connectivity index (χ1v) is 17.6. The minimum absolute atomic E-state index is 0.0795. The van der Waals surface area contributed by atoms with E-state index in [1.807, 2.05) is 0 Å². The van der Waals surface area contributed by atoms with Crippen molar-refractivity contribution in [2.24, 2.45) is 0 Å². The highest BCUT2D eigenvalue weighted by Gasteiger charge is 2.62. The predicted octanol–water partition coefficient (Wildman–Crippen LogP) is 11.1. The zero-order valence-electron chi connectivity index (χ0n) is 27.8. The summed E-state index contributed by atoms with van der Waals surface area (Å²) in [4.78, 5) is 0. The number of hydrogen-bond donors (Lipinski definition) is 0. The van der Waals surface area contributed by atoms with Gasteiger partial charge in [0, 0.05) is 21.5 Å². The second-order valence-corrected chi connectivity index (χ2v) is 19.6. The van der Waals surface area contributed by atoms with Gasteiger partial charge in [-0.3, -0.25) is 0 Å². The second kappa shape index (κ2) is 12.0. The Hall–Kier alpha value is -4.30. The molecule has 1 heteroatoms. The van der Waals surface area contributed by atoms with Crippen LogP contribution in [0.3, 0.4) is 0 Å². The van der Waals surface area contributed by atoms with Crippen LogP contribution in [0.4, 0.5) is 0 Å². The van der Waals surface area contributed by atoms with E-state index in [0.717, 1.165) is 11.1 Å². The summed E-state index contributed by atoms with van der Waals surface area (Å²) in [7, 11) is -2.73. The topological polar surface area (TPSA) is 0 Å². The van der Waals surface area contributed by atoms with Gasteiger partial charge in [-0.15, -0.1) is 0 Å². The highest BCUT2D eigenvalue weighted by atomic mass is 28.3. The summed E-state index contributed by atoms with van der Waals surface area (Å²) >= 11 is 0. The molecule has 1 heterocycles. The zero-order valence-corrected chi connectivity index (χ0v) is 28.8. The van der Waals surface area contributed by atoms with Crippen molar-refractivity contribution in [1.29, 1.82) is 0 Å². The van der Waals surface area contributed by atoms with Crippen molar-refractivity contribution in [3.63, 3.8) is 0 Å². The number of rotatable bonds is 2. The molecule has 44 heavy (non-hydrogen) atoms. The third kappa shape index (κ3) is 5.54. The smallest absolute Gasteiger partial charge is 0.0695 e. The van der Waals surface area contributed by atoms with Gasteiger partial charge < -0.3 is 0 Å². The summed E-state index contributed by atoms with van der Waals surface area (Å²) < 4.78 is 0. The number of hydrogen-bond acceptors (Lipinski definition) is 0. The van der Waals surface area contributed by atoms with E-state index < -0.39 is 8.07 Å². The third-order valence-corrected chi connectivity index (χ3v) is 15.7. The minimum atomic E-state index is -2.73. The molecule has 1 aliphatic heterocycles. The van der Waals surface area contributed by atoms with Crippen molar-refractivity contribution in [2.45, 2.75) is 72.4 Å². The Morgan fingerprint density at radius 1 is 0.477 bits per heavy atom. The van der Waals surface area contributed by atoms with Crippen LogP contribution in [0.2, 0.25) is 10.1 Å². The first-order chi connectivity index (χ1) is 20.9. The summed E-state index contributed by atoms with van der Waals surface area (Å²) in [6.45, 7) is 21.1. The summed E-state index contributed by atoms with van der Waals surface area (Å²) in [6, 6.07) is 36.7. The molecule has 0 saturated heterocycles. The van der Waals surface area contributed by atoms with E-state index in [4.69, 9.17) is 0 Å². The molecule has 1 aliphatic rings. The van der Waals surface area contributed by atoms with Crippen molar-refractivity contribution >= 4 is 19.2 Å². The molecular weight excluding hydrogens is 545 g/mol. The summed E-state index contributed by atoms with van der Waals surface area (Å²) in [6.07, 6.45) is 0. The van der Waals surface area contributed by atoms with Crippen LogP contribution in [0.1, 0.15) is 80.5 Å². The van der Waals surface area contributed by atoms with Crippen LogP contribution < -0.4 is 0 Å². The fraction of sp³-hybridized carbons (Fsp3) is 0.256. The summed E-state index contributed by atoms with van der Waals surface area (Å²) in [5.74, 6) is 15.2. The van der Waals surface area contributed by atoms with Crippen LogP contribution in [0.5, 0.6) is 0 Å². The molecule has 0 N–H and O–H groups in total. The van der Waals surface area contributed by atoms with Crippen molar-refractivity contribution in [2.75, 3.05) is 0 Å². The molecule has 4 aromatic rings. The first kappa shape index (κ1) is 31.1. The first-order valence-electron chi connectivity index (χ1n) is 15.6. The Morgan fingerprint density at radius 3 is 1.27 bits per heavy atom. The van der Waals surface area contributed by atoms with E-state index in [0.29, 0.717) is 0 Å². The lowest BCUT2D eigenvalue weighted by atomic mass is 9.91. The molecule has 0 nitrogen and oxygen atoms in total. The Morgan fingerprint density at radius 2 is 0.864 bits per heavy atom. The highest BCUT2D eigenvalue weighted by Crippen LogP contribution is 2.65. The molecule has 4 aromatic carbocycles. The average molecular weight is 589 g/mol. The third-order valence-electron chi connectivity index (χ3n) is 8.97. The molecule has 0 aromatic heterocycles. The lowest BCUT2D eigenvalue weighted by molar-refractivity contribution is 0.630. The Kier molecular flexibility index (Phi) is 8.49. The van der Waals surface area contributed by atoms with Crippen molar-refractivity contribution < 1.29 is 0 Å². The summed E-state index contributed by atoms with van der Waals surface area (Å²) in [5, 5.41) is 2.42. The van der Waals surface area contributed by atoms with Gasteiger partial charge in [0.05, 0.1) is 0 Å². The van der Waals surface area contributed by atoms with Crippen LogP contribution in [0.25, 0.3) is 11.1 Å². The fourth-order valence-corrected chi connectivity index (χ4v) is 14.9. The fourth-order valence-electron chi connectivity index (χ4n) is 7.63. The predicted molar refractivity (Wildman–Crippen MR) is 193 cm³/mol. The van der Waals surface area contributed by atoms with Crippen molar-refractivity contribution in [3.05, 3.63) is 152 Å². The Bertz CT molecular complexity index is 1830. The quantitative estimate of drug-likeness (QED) is 0.161. The second-order valence-electron chi connectivity index (χ2n) is 14.1. The zero-order chi connectivity index (χ0) is 31.7. The van der Waals surface area contributed by atoms with Gasteiger partial charge in [-0.25, -0.2) is 0 Å². The molecule has 0 saturated carbocycles. The van der Waals surface area contributed by atoms with E-state index in [1.165, 1.54) is 49.4 Å². The molecule has 0 amide bonds. The van der Waals surface area contributed by atoms with E-state index >= 15 is 0 Å². The van der Waals surface area contributed by atoms with Crippen LogP contribution in [-0.2, 0) is 0 Å². The molecule has 0 bridgehead atoms. The Balaban J connectivity index is 2.00. The maximum absolute atomic E-state index is 3.96. The SMILES string of the molecule is Cc1cc(C)c(C#CC2=C(c3ccccc3)C(c3ccccc3)=C(C#Cc3ccccc3)[Si]2(C(C)(C)C)C(C)(C)C)c(C)c1.